The van der Waals surface area contributed by atoms with Crippen LogP contribution in [0.2, 0.25) is 0 Å². The van der Waals surface area contributed by atoms with Crippen LogP contribution < -0.4 is 10.6 Å². The average molecular weight is 1000 g/mol. The van der Waals surface area contributed by atoms with Crippen LogP contribution in [-0.4, -0.2) is 98.7 Å². The molecule has 0 spiro atoms. The van der Waals surface area contributed by atoms with Gasteiger partial charge in [0, 0.05) is 25.0 Å². The largest absolute Gasteiger partial charge is 0.460 e. The number of unbranched alkanes of at least 4 members (excludes halogenated alkanes) is 12. The molecular weight excluding hydrogens is 949 g/mol. The van der Waals surface area contributed by atoms with Crippen molar-refractivity contribution in [3.63, 3.8) is 0 Å². The van der Waals surface area contributed by atoms with Crippen molar-refractivity contribution in [1.29, 1.82) is 0 Å². The number of ether oxygens (including phenoxy) is 2. The first-order valence-corrected chi connectivity index (χ1v) is 21.4. The van der Waals surface area contributed by atoms with Gasteiger partial charge >= 0.3 is 59.2 Å². The van der Waals surface area contributed by atoms with Crippen molar-refractivity contribution in [2.45, 2.75) is 151 Å². The molecule has 65 heavy (non-hydrogen) atoms. The second-order valence-electron chi connectivity index (χ2n) is 14.8. The number of carbonyl (C=O) groups excluding carboxylic acids is 2. The number of nitrogens with one attached hydrogen (secondary N) is 2. The van der Waals surface area contributed by atoms with Crippen LogP contribution in [0.25, 0.3) is 0 Å². The Morgan fingerprint density at radius 2 is 1.00 bits per heavy atom. The molecule has 0 fully saturated rings. The Bertz CT molecular complexity index is 1810. The van der Waals surface area contributed by atoms with Gasteiger partial charge in [0.2, 0.25) is 0 Å². The molecular formula is C38H50F17N3O6S. The predicted molar refractivity (Wildman–Crippen MR) is 203 cm³/mol. The molecule has 0 aliphatic heterocycles. The number of rotatable bonds is 29. The molecule has 0 saturated carbocycles. The van der Waals surface area contributed by atoms with Crippen LogP contribution >= 0.6 is 0 Å². The van der Waals surface area contributed by atoms with Crippen molar-refractivity contribution in [3.8, 4) is 0 Å². The molecule has 0 unspecified atom stereocenters. The molecule has 0 aliphatic rings. The van der Waals surface area contributed by atoms with Gasteiger partial charge in [-0.25, -0.2) is 18.0 Å². The number of amides is 2. The van der Waals surface area contributed by atoms with Crippen LogP contribution in [0.5, 0.6) is 0 Å². The van der Waals surface area contributed by atoms with Gasteiger partial charge in [-0.15, -0.1) is 0 Å². The summed E-state index contributed by atoms with van der Waals surface area (Å²) in [5, 5.41) is -3.34. The van der Waals surface area contributed by atoms with E-state index in [2.05, 4.69) is 29.1 Å². The molecule has 0 saturated heterocycles. The molecule has 378 valence electrons. The number of carbonyl (C=O) groups is 2. The monoisotopic (exact) mass is 999 g/mol. The van der Waals surface area contributed by atoms with Gasteiger partial charge in [0.05, 0.1) is 6.61 Å². The van der Waals surface area contributed by atoms with E-state index in [1.54, 1.807) is 0 Å². The predicted octanol–water partition coefficient (Wildman–Crippen LogP) is 13.4. The number of sulfonamides is 1. The molecule has 1 rings (SSSR count). The lowest BCUT2D eigenvalue weighted by Crippen LogP contribution is -2.75. The third kappa shape index (κ3) is 14.1. The zero-order valence-electron chi connectivity index (χ0n) is 35.1. The summed E-state index contributed by atoms with van der Waals surface area (Å²) in [4.78, 5) is 24.5. The second-order valence-corrected chi connectivity index (χ2v) is 16.9. The van der Waals surface area contributed by atoms with Crippen LogP contribution in [0, 0.1) is 6.92 Å². The normalized spacial score (nSPS) is 14.0. The van der Waals surface area contributed by atoms with Gasteiger partial charge in [0.1, 0.15) is 6.61 Å². The molecule has 27 heteroatoms. The molecule has 1 aromatic rings. The zero-order valence-corrected chi connectivity index (χ0v) is 36.0. The first-order valence-electron chi connectivity index (χ1n) is 19.9. The van der Waals surface area contributed by atoms with Crippen molar-refractivity contribution in [1.82, 2.24) is 4.31 Å². The SMILES string of the molecule is CCCCCCCCC=CCCCCCCCCOC(=O)Nc1cc(NC(=O)OCCN(C)S(=O)(=O)C(F)(F)C(F)(F)C(F)(F)C(F)(F)C(F)(F)C(F)(F)C(F)(F)C(F)(F)F)ccc1C. The average Bonchev–Trinajstić information content (AvgIpc) is 3.19. The van der Waals surface area contributed by atoms with E-state index in [0.717, 1.165) is 51.0 Å². The number of alkyl halides is 17. The van der Waals surface area contributed by atoms with E-state index in [-0.39, 0.29) is 25.0 Å². The Labute approximate surface area is 363 Å². The third-order valence-corrected chi connectivity index (χ3v) is 11.6. The molecule has 9 nitrogen and oxygen atoms in total. The van der Waals surface area contributed by atoms with E-state index in [1.165, 1.54) is 57.6 Å². The quantitative estimate of drug-likeness (QED) is 0.0469. The smallest absolute Gasteiger partial charge is 0.449 e. The number of allylic oxidation sites excluding steroid dienone is 2. The number of hydrogen-bond donors (Lipinski definition) is 2. The zero-order chi connectivity index (χ0) is 50.3. The number of halogens is 17. The summed E-state index contributed by atoms with van der Waals surface area (Å²) in [6, 6.07) is 3.69. The number of hydrogen-bond acceptors (Lipinski definition) is 6. The van der Waals surface area contributed by atoms with Gasteiger partial charge in [-0.2, -0.15) is 78.9 Å². The summed E-state index contributed by atoms with van der Waals surface area (Å²) in [5.74, 6) is -52.3. The lowest BCUT2D eigenvalue weighted by molar-refractivity contribution is -0.458. The molecule has 0 aliphatic carbocycles. The van der Waals surface area contributed by atoms with Crippen molar-refractivity contribution >= 4 is 33.6 Å². The highest BCUT2D eigenvalue weighted by Gasteiger charge is 2.96. The fraction of sp³-hybridized carbons (Fsp3) is 0.737. The Morgan fingerprint density at radius 1 is 0.585 bits per heavy atom. The highest BCUT2D eigenvalue weighted by molar-refractivity contribution is 7.90. The number of anilines is 2. The van der Waals surface area contributed by atoms with Crippen LogP contribution in [0.4, 0.5) is 95.6 Å². The van der Waals surface area contributed by atoms with Crippen molar-refractivity contribution in [2.75, 3.05) is 37.4 Å². The highest BCUT2D eigenvalue weighted by atomic mass is 32.2. The maximum absolute atomic E-state index is 14.5. The van der Waals surface area contributed by atoms with E-state index in [9.17, 15) is 92.6 Å². The summed E-state index contributed by atoms with van der Waals surface area (Å²) in [6.45, 7) is 0.552. The van der Waals surface area contributed by atoms with Gasteiger partial charge in [0.25, 0.3) is 10.0 Å². The Kier molecular flexibility index (Phi) is 21.7. The van der Waals surface area contributed by atoms with Gasteiger partial charge < -0.3 is 9.47 Å². The standard InChI is InChI=1S/C38H50F17N3O6S/c1-4-5-6-7-8-9-10-11-12-13-14-15-16-17-18-19-23-63-30(60)57-28-25-27(21-20-26(28)2)56-29(59)64-24-22-58(3)65(61,62)38(54,55)36(49,50)34(45,46)32(41,42)31(39,40)33(43,44)35(47,48)37(51,52)53/h11-12,20-21,25H,4-10,13-19,22-24H2,1-3H3,(H,56,59)(H,57,60). The summed E-state index contributed by atoms with van der Waals surface area (Å²) in [7, 11) is -7.74. The topological polar surface area (TPSA) is 114 Å². The third-order valence-electron chi connectivity index (χ3n) is 9.68. The van der Waals surface area contributed by atoms with Gasteiger partial charge in [-0.1, -0.05) is 82.9 Å². The molecule has 0 radical (unpaired) electrons. The first kappa shape index (κ1) is 59.2. The van der Waals surface area contributed by atoms with Gasteiger partial charge in [-0.3, -0.25) is 10.6 Å². The maximum Gasteiger partial charge on any atom is 0.460 e. The van der Waals surface area contributed by atoms with Crippen molar-refractivity contribution < 1.29 is 102 Å². The highest BCUT2D eigenvalue weighted by Crippen LogP contribution is 2.64. The van der Waals surface area contributed by atoms with Gasteiger partial charge in [0.15, 0.2) is 0 Å². The summed E-state index contributed by atoms with van der Waals surface area (Å²) < 4.78 is 264. The molecule has 0 heterocycles. The molecule has 2 N–H and O–H groups in total. The fourth-order valence-electron chi connectivity index (χ4n) is 5.54. The summed E-state index contributed by atoms with van der Waals surface area (Å²) in [5.41, 5.74) is 0.318. The van der Waals surface area contributed by atoms with Crippen LogP contribution in [0.3, 0.4) is 0 Å². The molecule has 1 aromatic carbocycles. The van der Waals surface area contributed by atoms with Crippen molar-refractivity contribution in [3.05, 3.63) is 35.9 Å². The number of aryl methyl sites for hydroxylation is 1. The lowest BCUT2D eigenvalue weighted by atomic mass is 9.91. The summed E-state index contributed by atoms with van der Waals surface area (Å²) in [6.07, 6.45) is 9.04. The second kappa shape index (κ2) is 23.8. The van der Waals surface area contributed by atoms with Crippen LogP contribution in [0.15, 0.2) is 30.4 Å². The van der Waals surface area contributed by atoms with E-state index < -0.39 is 86.6 Å². The van der Waals surface area contributed by atoms with E-state index >= 15 is 0 Å². The minimum absolute atomic E-state index is 0.0701. The number of nitrogens with zero attached hydrogens (tertiary/aromatic N) is 1. The van der Waals surface area contributed by atoms with Crippen LogP contribution in [0.1, 0.15) is 102 Å². The minimum Gasteiger partial charge on any atom is -0.449 e. The van der Waals surface area contributed by atoms with E-state index in [1.807, 2.05) is 5.32 Å². The Hall–Kier alpha value is -3.78. The summed E-state index contributed by atoms with van der Waals surface area (Å²) >= 11 is 0. The molecule has 0 aromatic heterocycles. The molecule has 0 bridgehead atoms. The van der Waals surface area contributed by atoms with Gasteiger partial charge in [-0.05, 0) is 56.7 Å². The molecule has 2 amide bonds. The molecule has 0 atom stereocenters. The van der Waals surface area contributed by atoms with Crippen molar-refractivity contribution in [2.24, 2.45) is 0 Å². The van der Waals surface area contributed by atoms with E-state index in [0.29, 0.717) is 12.0 Å². The van der Waals surface area contributed by atoms with Crippen LogP contribution in [-0.2, 0) is 19.5 Å². The first-order chi connectivity index (χ1) is 29.6. The number of likely N-dealkylation sites (N-methyl/N-ethyl adjacent to an activating group) is 1. The maximum atomic E-state index is 14.5. The van der Waals surface area contributed by atoms with E-state index in [4.69, 9.17) is 4.74 Å². The lowest BCUT2D eigenvalue weighted by Gasteiger charge is -2.42. The number of benzene rings is 1. The minimum atomic E-state index is -8.96. The Morgan fingerprint density at radius 3 is 1.49 bits per heavy atom. The Balaban J connectivity index is 2.73. The fourth-order valence-corrected chi connectivity index (χ4v) is 6.70.